The van der Waals surface area contributed by atoms with Gasteiger partial charge in [0.2, 0.25) is 0 Å². The van der Waals surface area contributed by atoms with E-state index in [9.17, 15) is 0 Å². The van der Waals surface area contributed by atoms with Gasteiger partial charge in [0.05, 0.1) is 0 Å². The number of benzene rings is 1. The van der Waals surface area contributed by atoms with Crippen LogP contribution in [0.15, 0.2) is 41.8 Å². The van der Waals surface area contributed by atoms with Gasteiger partial charge in [0.1, 0.15) is 0 Å². The van der Waals surface area contributed by atoms with Crippen molar-refractivity contribution in [2.45, 2.75) is 19.5 Å². The summed E-state index contributed by atoms with van der Waals surface area (Å²) in [7, 11) is 0. The summed E-state index contributed by atoms with van der Waals surface area (Å²) in [5.74, 6) is 0. The fourth-order valence-electron chi connectivity index (χ4n) is 1.56. The molecular formula is C13H14ClNS. The Balaban J connectivity index is 1.92. The minimum Gasteiger partial charge on any atom is -0.305 e. The van der Waals surface area contributed by atoms with E-state index in [0.717, 1.165) is 11.6 Å². The summed E-state index contributed by atoms with van der Waals surface area (Å²) in [6.45, 7) is 3.02. The second-order valence-electron chi connectivity index (χ2n) is 3.75. The number of hydrogen-bond acceptors (Lipinski definition) is 2. The van der Waals surface area contributed by atoms with Crippen molar-refractivity contribution in [3.63, 3.8) is 0 Å². The molecule has 1 atom stereocenters. The van der Waals surface area contributed by atoms with Crippen LogP contribution in [0.5, 0.6) is 0 Å². The second-order valence-corrected chi connectivity index (χ2v) is 5.16. The van der Waals surface area contributed by atoms with Crippen LogP contribution in [0, 0.1) is 0 Å². The molecule has 0 radical (unpaired) electrons. The molecule has 3 heteroatoms. The summed E-state index contributed by atoms with van der Waals surface area (Å²) in [4.78, 5) is 1.36. The maximum Gasteiger partial charge on any atom is 0.0409 e. The van der Waals surface area contributed by atoms with Crippen LogP contribution in [-0.2, 0) is 6.54 Å². The van der Waals surface area contributed by atoms with Gasteiger partial charge in [-0.25, -0.2) is 0 Å². The molecule has 0 amide bonds. The molecule has 1 aromatic heterocycles. The molecule has 1 heterocycles. The number of thiophene rings is 1. The molecule has 16 heavy (non-hydrogen) atoms. The van der Waals surface area contributed by atoms with Crippen LogP contribution < -0.4 is 5.32 Å². The molecule has 2 rings (SSSR count). The molecule has 0 spiro atoms. The summed E-state index contributed by atoms with van der Waals surface area (Å²) in [5.41, 5.74) is 1.22. The molecule has 0 aliphatic carbocycles. The summed E-state index contributed by atoms with van der Waals surface area (Å²) in [5, 5.41) is 6.38. The molecule has 1 aromatic carbocycles. The highest BCUT2D eigenvalue weighted by Gasteiger charge is 2.05. The van der Waals surface area contributed by atoms with Gasteiger partial charge in [0.25, 0.3) is 0 Å². The maximum absolute atomic E-state index is 5.93. The van der Waals surface area contributed by atoms with E-state index < -0.39 is 0 Å². The molecular weight excluding hydrogens is 238 g/mol. The lowest BCUT2D eigenvalue weighted by molar-refractivity contribution is 0.583. The number of hydrogen-bond donors (Lipinski definition) is 1. The van der Waals surface area contributed by atoms with Crippen LogP contribution >= 0.6 is 22.9 Å². The molecule has 0 fully saturated rings. The Morgan fingerprint density at radius 2 is 2.19 bits per heavy atom. The van der Waals surface area contributed by atoms with Crippen molar-refractivity contribution in [1.29, 1.82) is 0 Å². The zero-order chi connectivity index (χ0) is 11.4. The summed E-state index contributed by atoms with van der Waals surface area (Å²) in [6, 6.07) is 12.6. The lowest BCUT2D eigenvalue weighted by Gasteiger charge is -2.12. The normalized spacial score (nSPS) is 12.6. The quantitative estimate of drug-likeness (QED) is 0.857. The predicted octanol–water partition coefficient (Wildman–Crippen LogP) is 4.25. The Morgan fingerprint density at radius 1 is 1.31 bits per heavy atom. The van der Waals surface area contributed by atoms with E-state index in [0.29, 0.717) is 6.04 Å². The Hall–Kier alpha value is -0.830. The molecule has 0 aliphatic rings. The van der Waals surface area contributed by atoms with E-state index in [1.807, 2.05) is 18.2 Å². The average Bonchev–Trinajstić information content (AvgIpc) is 2.79. The van der Waals surface area contributed by atoms with Crippen LogP contribution in [0.4, 0.5) is 0 Å². The second kappa shape index (κ2) is 5.48. The van der Waals surface area contributed by atoms with Gasteiger partial charge in [0, 0.05) is 22.5 Å². The van der Waals surface area contributed by atoms with Crippen molar-refractivity contribution < 1.29 is 0 Å². The maximum atomic E-state index is 5.93. The molecule has 1 N–H and O–H groups in total. The van der Waals surface area contributed by atoms with Gasteiger partial charge < -0.3 is 5.32 Å². The van der Waals surface area contributed by atoms with E-state index in [4.69, 9.17) is 11.6 Å². The van der Waals surface area contributed by atoms with Gasteiger partial charge in [-0.05, 0) is 36.1 Å². The minimum atomic E-state index is 0.388. The standard InChI is InChI=1S/C13H14ClNS/c1-10(13-6-3-7-16-13)15-9-11-4-2-5-12(14)8-11/h2-8,10,15H,9H2,1H3/t10-/m0/s1. The lowest BCUT2D eigenvalue weighted by Crippen LogP contribution is -2.16. The molecule has 0 aliphatic heterocycles. The monoisotopic (exact) mass is 251 g/mol. The van der Waals surface area contributed by atoms with Crippen LogP contribution in [0.1, 0.15) is 23.4 Å². The molecule has 0 bridgehead atoms. The summed E-state index contributed by atoms with van der Waals surface area (Å²) < 4.78 is 0. The zero-order valence-electron chi connectivity index (χ0n) is 9.11. The Morgan fingerprint density at radius 3 is 2.88 bits per heavy atom. The average molecular weight is 252 g/mol. The highest BCUT2D eigenvalue weighted by Crippen LogP contribution is 2.19. The Labute approximate surface area is 105 Å². The third-order valence-electron chi connectivity index (χ3n) is 2.47. The Bertz CT molecular complexity index is 439. The highest BCUT2D eigenvalue weighted by atomic mass is 35.5. The van der Waals surface area contributed by atoms with Gasteiger partial charge in [-0.2, -0.15) is 0 Å². The van der Waals surface area contributed by atoms with Crippen LogP contribution in [-0.4, -0.2) is 0 Å². The Kier molecular flexibility index (Phi) is 3.99. The van der Waals surface area contributed by atoms with Crippen LogP contribution in [0.2, 0.25) is 5.02 Å². The van der Waals surface area contributed by atoms with Gasteiger partial charge in [0.15, 0.2) is 0 Å². The first-order valence-electron chi connectivity index (χ1n) is 5.27. The number of halogens is 1. The molecule has 84 valence electrons. The van der Waals surface area contributed by atoms with Gasteiger partial charge in [-0.3, -0.25) is 0 Å². The van der Waals surface area contributed by atoms with Crippen molar-refractivity contribution in [2.75, 3.05) is 0 Å². The van der Waals surface area contributed by atoms with E-state index in [1.54, 1.807) is 11.3 Å². The summed E-state index contributed by atoms with van der Waals surface area (Å²) >= 11 is 7.71. The van der Waals surface area contributed by atoms with Crippen molar-refractivity contribution in [1.82, 2.24) is 5.32 Å². The first kappa shape index (κ1) is 11.6. The van der Waals surface area contributed by atoms with E-state index >= 15 is 0 Å². The van der Waals surface area contributed by atoms with Crippen molar-refractivity contribution >= 4 is 22.9 Å². The minimum absolute atomic E-state index is 0.388. The van der Waals surface area contributed by atoms with E-state index in [2.05, 4.69) is 35.8 Å². The number of rotatable bonds is 4. The molecule has 0 unspecified atom stereocenters. The smallest absolute Gasteiger partial charge is 0.0409 e. The van der Waals surface area contributed by atoms with Crippen molar-refractivity contribution in [3.05, 3.63) is 57.2 Å². The first-order valence-corrected chi connectivity index (χ1v) is 6.52. The lowest BCUT2D eigenvalue weighted by atomic mass is 10.2. The fourth-order valence-corrected chi connectivity index (χ4v) is 2.53. The topological polar surface area (TPSA) is 12.0 Å². The first-order chi connectivity index (χ1) is 7.75. The van der Waals surface area contributed by atoms with Crippen molar-refractivity contribution in [3.8, 4) is 0 Å². The largest absolute Gasteiger partial charge is 0.305 e. The highest BCUT2D eigenvalue weighted by molar-refractivity contribution is 7.10. The van der Waals surface area contributed by atoms with Gasteiger partial charge >= 0.3 is 0 Å². The van der Waals surface area contributed by atoms with Crippen molar-refractivity contribution in [2.24, 2.45) is 0 Å². The van der Waals surface area contributed by atoms with E-state index in [-0.39, 0.29) is 0 Å². The molecule has 0 saturated carbocycles. The predicted molar refractivity (Wildman–Crippen MR) is 71.0 cm³/mol. The van der Waals surface area contributed by atoms with Crippen LogP contribution in [0.25, 0.3) is 0 Å². The summed E-state index contributed by atoms with van der Waals surface area (Å²) in [6.07, 6.45) is 0. The zero-order valence-corrected chi connectivity index (χ0v) is 10.7. The van der Waals surface area contributed by atoms with E-state index in [1.165, 1.54) is 10.4 Å². The molecule has 2 aromatic rings. The van der Waals surface area contributed by atoms with Gasteiger partial charge in [-0.1, -0.05) is 29.8 Å². The number of nitrogens with one attached hydrogen (secondary N) is 1. The molecule has 0 saturated heterocycles. The third kappa shape index (κ3) is 3.08. The van der Waals surface area contributed by atoms with Crippen LogP contribution in [0.3, 0.4) is 0 Å². The van der Waals surface area contributed by atoms with Gasteiger partial charge in [-0.15, -0.1) is 11.3 Å². The third-order valence-corrected chi connectivity index (χ3v) is 3.76. The fraction of sp³-hybridized carbons (Fsp3) is 0.231. The molecule has 1 nitrogen and oxygen atoms in total. The SMILES string of the molecule is C[C@H](NCc1cccc(Cl)c1)c1cccs1.